The van der Waals surface area contributed by atoms with Crippen LogP contribution >= 0.6 is 11.6 Å². The SMILES string of the molecule is Cn1nccc1Nc1cc(-c2cc3n(c2)C(C(F)(F)F)Cn2c-3nnc2C(F)(F)C(F)F)c(Cl)cn1. The number of halogens is 8. The lowest BCUT2D eigenvalue weighted by Crippen LogP contribution is -2.36. The fourth-order valence-electron chi connectivity index (χ4n) is 3.95. The van der Waals surface area contributed by atoms with Crippen LogP contribution in [0.25, 0.3) is 22.6 Å². The van der Waals surface area contributed by atoms with Gasteiger partial charge in [-0.15, -0.1) is 10.2 Å². The molecule has 0 saturated heterocycles. The Morgan fingerprint density at radius 3 is 2.53 bits per heavy atom. The van der Waals surface area contributed by atoms with Crippen molar-refractivity contribution >= 4 is 23.2 Å². The number of hydrogen-bond donors (Lipinski definition) is 1. The predicted molar refractivity (Wildman–Crippen MR) is 113 cm³/mol. The number of alkyl halides is 7. The number of aromatic nitrogens is 7. The van der Waals surface area contributed by atoms with Gasteiger partial charge in [-0.1, -0.05) is 11.6 Å². The largest absolute Gasteiger partial charge is 0.410 e. The number of rotatable bonds is 5. The highest BCUT2D eigenvalue weighted by Crippen LogP contribution is 2.45. The summed E-state index contributed by atoms with van der Waals surface area (Å²) in [5, 5.41) is 13.7. The summed E-state index contributed by atoms with van der Waals surface area (Å²) in [6.07, 6.45) is -5.11. The monoisotopic (exact) mass is 534 g/mol. The molecule has 4 aromatic heterocycles. The third-order valence-corrected chi connectivity index (χ3v) is 6.01. The highest BCUT2D eigenvalue weighted by Gasteiger charge is 2.52. The van der Waals surface area contributed by atoms with Crippen LogP contribution < -0.4 is 5.32 Å². The van der Waals surface area contributed by atoms with Gasteiger partial charge in [0.1, 0.15) is 17.7 Å². The molecule has 16 heteroatoms. The smallest absolute Gasteiger partial charge is 0.330 e. The first kappa shape index (κ1) is 24.1. The summed E-state index contributed by atoms with van der Waals surface area (Å²) in [6.45, 7) is -1.11. The molecule has 1 aliphatic heterocycles. The summed E-state index contributed by atoms with van der Waals surface area (Å²) in [7, 11) is 1.68. The van der Waals surface area contributed by atoms with E-state index in [1.54, 1.807) is 19.3 Å². The van der Waals surface area contributed by atoms with E-state index in [2.05, 4.69) is 25.6 Å². The summed E-state index contributed by atoms with van der Waals surface area (Å²) in [5.41, 5.74) is 0.234. The van der Waals surface area contributed by atoms with Crippen LogP contribution in [0.1, 0.15) is 11.9 Å². The molecular formula is C20H14ClF7N8. The lowest BCUT2D eigenvalue weighted by Gasteiger charge is -2.30. The van der Waals surface area contributed by atoms with E-state index < -0.39 is 42.8 Å². The molecule has 5 rings (SSSR count). The zero-order valence-electron chi connectivity index (χ0n) is 18.0. The number of hydrogen-bond acceptors (Lipinski definition) is 5. The molecule has 0 radical (unpaired) electrons. The van der Waals surface area contributed by atoms with Crippen LogP contribution in [0.15, 0.2) is 36.8 Å². The van der Waals surface area contributed by atoms with E-state index in [9.17, 15) is 30.7 Å². The van der Waals surface area contributed by atoms with Gasteiger partial charge in [0.2, 0.25) is 5.82 Å². The maximum atomic E-state index is 14.1. The molecule has 1 unspecified atom stereocenters. The first-order valence-corrected chi connectivity index (χ1v) is 10.5. The standard InChI is InChI=1S/C20H14ClF7N8/c1-34-15(2-3-30-34)31-14-5-10(11(21)6-29-14)9-4-12-16-32-33-18(19(24,25)17(22)23)36(16)8-13(20(26,27)28)35(12)7-9/h2-7,13,17H,8H2,1H3,(H,29,31). The number of pyridine rings is 1. The van der Waals surface area contributed by atoms with Crippen molar-refractivity contribution in [2.24, 2.45) is 7.05 Å². The van der Waals surface area contributed by atoms with Gasteiger partial charge in [-0.25, -0.2) is 13.8 Å². The number of anilines is 2. The number of fused-ring (bicyclic) bond motifs is 3. The third-order valence-electron chi connectivity index (χ3n) is 5.71. The fraction of sp³-hybridized carbons (Fsp3) is 0.300. The second-order valence-corrected chi connectivity index (χ2v) is 8.38. The minimum atomic E-state index is -4.90. The molecule has 0 fully saturated rings. The van der Waals surface area contributed by atoms with Crippen LogP contribution in [0, 0.1) is 0 Å². The molecule has 0 bridgehead atoms. The Hall–Kier alpha value is -3.62. The lowest BCUT2D eigenvalue weighted by molar-refractivity contribution is -0.174. The van der Waals surface area contributed by atoms with Crippen molar-refractivity contribution in [1.29, 1.82) is 0 Å². The van der Waals surface area contributed by atoms with Crippen molar-refractivity contribution < 1.29 is 30.7 Å². The van der Waals surface area contributed by atoms with E-state index in [0.717, 1.165) is 10.8 Å². The van der Waals surface area contributed by atoms with Crippen molar-refractivity contribution in [3.05, 3.63) is 47.6 Å². The highest BCUT2D eigenvalue weighted by atomic mass is 35.5. The van der Waals surface area contributed by atoms with Crippen LogP contribution in [-0.4, -0.2) is 46.7 Å². The van der Waals surface area contributed by atoms with Crippen LogP contribution in [-0.2, 0) is 19.5 Å². The van der Waals surface area contributed by atoms with Crippen molar-refractivity contribution in [3.8, 4) is 22.6 Å². The van der Waals surface area contributed by atoms with Crippen LogP contribution in [0.3, 0.4) is 0 Å². The summed E-state index contributed by atoms with van der Waals surface area (Å²) >= 11 is 6.28. The second kappa shape index (κ2) is 8.21. The van der Waals surface area contributed by atoms with Gasteiger partial charge in [-0.2, -0.15) is 27.1 Å². The second-order valence-electron chi connectivity index (χ2n) is 7.97. The number of nitrogens with zero attached hydrogens (tertiary/aromatic N) is 7. The molecule has 1 atom stereocenters. The van der Waals surface area contributed by atoms with Gasteiger partial charge < -0.3 is 14.5 Å². The van der Waals surface area contributed by atoms with E-state index in [0.29, 0.717) is 16.2 Å². The van der Waals surface area contributed by atoms with E-state index in [1.807, 2.05) is 0 Å². The minimum Gasteiger partial charge on any atom is -0.330 e. The predicted octanol–water partition coefficient (Wildman–Crippen LogP) is 5.41. The van der Waals surface area contributed by atoms with Crippen LogP contribution in [0.4, 0.5) is 42.4 Å². The molecule has 1 aliphatic rings. The molecule has 190 valence electrons. The van der Waals surface area contributed by atoms with Gasteiger partial charge in [-0.3, -0.25) is 4.68 Å². The Balaban J connectivity index is 1.62. The molecule has 0 spiro atoms. The summed E-state index contributed by atoms with van der Waals surface area (Å²) in [6, 6.07) is 2.06. The van der Waals surface area contributed by atoms with Crippen molar-refractivity contribution in [2.45, 2.75) is 31.1 Å². The Morgan fingerprint density at radius 1 is 1.14 bits per heavy atom. The van der Waals surface area contributed by atoms with Gasteiger partial charge in [0, 0.05) is 36.6 Å². The lowest BCUT2D eigenvalue weighted by atomic mass is 10.1. The number of aryl methyl sites for hydroxylation is 1. The molecule has 0 aromatic carbocycles. The van der Waals surface area contributed by atoms with Gasteiger partial charge in [0.15, 0.2) is 5.82 Å². The van der Waals surface area contributed by atoms with Gasteiger partial charge >= 0.3 is 18.5 Å². The van der Waals surface area contributed by atoms with Crippen molar-refractivity contribution in [1.82, 2.24) is 34.1 Å². The average molecular weight is 535 g/mol. The molecular weight excluding hydrogens is 521 g/mol. The van der Waals surface area contributed by atoms with Crippen molar-refractivity contribution in [3.63, 3.8) is 0 Å². The Bertz CT molecular complexity index is 1440. The first-order chi connectivity index (χ1) is 16.9. The Morgan fingerprint density at radius 2 is 1.89 bits per heavy atom. The Kier molecular flexibility index (Phi) is 5.50. The molecule has 8 nitrogen and oxygen atoms in total. The van der Waals surface area contributed by atoms with Gasteiger partial charge in [0.25, 0.3) is 0 Å². The zero-order valence-corrected chi connectivity index (χ0v) is 18.7. The van der Waals surface area contributed by atoms with Crippen molar-refractivity contribution in [2.75, 3.05) is 5.32 Å². The first-order valence-electron chi connectivity index (χ1n) is 10.2. The molecule has 1 N–H and O–H groups in total. The van der Waals surface area contributed by atoms with Gasteiger partial charge in [-0.05, 0) is 12.1 Å². The van der Waals surface area contributed by atoms with Gasteiger partial charge in [0.05, 0.1) is 23.5 Å². The summed E-state index contributed by atoms with van der Waals surface area (Å²) in [5.74, 6) is -5.86. The van der Waals surface area contributed by atoms with E-state index in [4.69, 9.17) is 11.6 Å². The zero-order chi connectivity index (χ0) is 26.0. The Labute approximate surface area is 202 Å². The highest BCUT2D eigenvalue weighted by molar-refractivity contribution is 6.33. The topological polar surface area (TPSA) is 78.4 Å². The van der Waals surface area contributed by atoms with Crippen LogP contribution in [0.2, 0.25) is 5.02 Å². The molecule has 5 heterocycles. The maximum Gasteiger partial charge on any atom is 0.410 e. The summed E-state index contributed by atoms with van der Waals surface area (Å²) in [4.78, 5) is 4.15. The number of nitrogens with one attached hydrogen (secondary N) is 1. The van der Waals surface area contributed by atoms with E-state index >= 15 is 0 Å². The summed E-state index contributed by atoms with van der Waals surface area (Å²) < 4.78 is 98.6. The van der Waals surface area contributed by atoms with E-state index in [-0.39, 0.29) is 21.8 Å². The van der Waals surface area contributed by atoms with Crippen LogP contribution in [0.5, 0.6) is 0 Å². The molecule has 36 heavy (non-hydrogen) atoms. The third kappa shape index (κ3) is 3.86. The fourth-order valence-corrected chi connectivity index (χ4v) is 4.16. The maximum absolute atomic E-state index is 14.1. The normalized spacial score (nSPS) is 15.8. The quantitative estimate of drug-likeness (QED) is 0.346. The molecule has 0 aliphatic carbocycles. The molecule has 0 amide bonds. The average Bonchev–Trinajstić information content (AvgIpc) is 3.51. The molecule has 0 saturated carbocycles. The minimum absolute atomic E-state index is 0.100. The van der Waals surface area contributed by atoms with E-state index in [1.165, 1.54) is 23.0 Å². The molecule has 4 aromatic rings.